The van der Waals surface area contributed by atoms with E-state index in [1.807, 2.05) is 25.3 Å². The van der Waals surface area contributed by atoms with Gasteiger partial charge in [-0.1, -0.05) is 30.3 Å². The highest BCUT2D eigenvalue weighted by Crippen LogP contribution is 2.18. The fraction of sp³-hybridized carbons (Fsp3) is 0.368. The van der Waals surface area contributed by atoms with Crippen molar-refractivity contribution in [1.82, 2.24) is 15.2 Å². The molecule has 5 heteroatoms. The molecule has 1 aliphatic rings. The zero-order valence-electron chi connectivity index (χ0n) is 14.1. The van der Waals surface area contributed by atoms with Gasteiger partial charge < -0.3 is 10.6 Å². The highest BCUT2D eigenvalue weighted by Gasteiger charge is 2.14. The van der Waals surface area contributed by atoms with Gasteiger partial charge in [0.15, 0.2) is 5.11 Å². The topological polar surface area (TPSA) is 40.2 Å². The molecule has 1 aromatic heterocycles. The molecule has 0 bridgehead atoms. The van der Waals surface area contributed by atoms with Crippen molar-refractivity contribution in [2.24, 2.45) is 0 Å². The van der Waals surface area contributed by atoms with Crippen LogP contribution in [0.4, 0.5) is 5.82 Å². The number of nitrogens with one attached hydrogen (secondary N) is 2. The van der Waals surface area contributed by atoms with Crippen molar-refractivity contribution in [3.8, 4) is 0 Å². The van der Waals surface area contributed by atoms with Gasteiger partial charge in [0, 0.05) is 32.4 Å². The number of fused-ring (bicyclic) bond motifs is 1. The minimum atomic E-state index is 0.635. The van der Waals surface area contributed by atoms with Gasteiger partial charge in [0.05, 0.1) is 0 Å². The first-order chi connectivity index (χ1) is 11.7. The molecular weight excluding hydrogens is 316 g/mol. The van der Waals surface area contributed by atoms with Crippen molar-refractivity contribution in [1.29, 1.82) is 0 Å². The van der Waals surface area contributed by atoms with Crippen LogP contribution in [0.25, 0.3) is 0 Å². The van der Waals surface area contributed by atoms with Crippen LogP contribution >= 0.6 is 12.2 Å². The normalized spacial score (nSPS) is 14.0. The number of benzene rings is 1. The van der Waals surface area contributed by atoms with E-state index in [1.54, 1.807) is 0 Å². The van der Waals surface area contributed by atoms with Crippen LogP contribution < -0.4 is 10.6 Å². The van der Waals surface area contributed by atoms with Crippen molar-refractivity contribution in [3.05, 3.63) is 59.3 Å². The molecule has 0 aliphatic carbocycles. The van der Waals surface area contributed by atoms with Crippen molar-refractivity contribution in [3.63, 3.8) is 0 Å². The summed E-state index contributed by atoms with van der Waals surface area (Å²) in [7, 11) is 0. The Bertz CT molecular complexity index is 684. The summed E-state index contributed by atoms with van der Waals surface area (Å²) < 4.78 is 0. The van der Waals surface area contributed by atoms with E-state index in [2.05, 4.69) is 44.8 Å². The average Bonchev–Trinajstić information content (AvgIpc) is 2.60. The third-order valence-electron chi connectivity index (χ3n) is 4.30. The van der Waals surface area contributed by atoms with Gasteiger partial charge in [0.25, 0.3) is 0 Å². The number of pyridine rings is 1. The summed E-state index contributed by atoms with van der Waals surface area (Å²) in [5.41, 5.74) is 4.12. The number of anilines is 1. The molecule has 2 heterocycles. The Morgan fingerprint density at radius 1 is 1.21 bits per heavy atom. The molecule has 0 saturated carbocycles. The number of nitrogens with zero attached hydrogens (tertiary/aromatic N) is 2. The lowest BCUT2D eigenvalue weighted by Crippen LogP contribution is -2.34. The van der Waals surface area contributed by atoms with E-state index in [-0.39, 0.29) is 0 Å². The second-order valence-electron chi connectivity index (χ2n) is 6.25. The standard InChI is InChI=1S/C19H24N4S/c1-15-7-8-18(21-13-15)22-19(24)20-10-4-11-23-12-9-16-5-2-3-6-17(16)14-23/h2-3,5-8,13H,4,9-12,14H2,1H3,(H2,20,21,22,24). The summed E-state index contributed by atoms with van der Waals surface area (Å²) in [6.07, 6.45) is 4.06. The van der Waals surface area contributed by atoms with E-state index in [4.69, 9.17) is 12.2 Å². The van der Waals surface area contributed by atoms with Crippen LogP contribution in [0.2, 0.25) is 0 Å². The van der Waals surface area contributed by atoms with Gasteiger partial charge in [-0.25, -0.2) is 4.98 Å². The first-order valence-corrected chi connectivity index (χ1v) is 8.88. The minimum Gasteiger partial charge on any atom is -0.362 e. The summed E-state index contributed by atoms with van der Waals surface area (Å²) in [5, 5.41) is 7.01. The molecule has 0 radical (unpaired) electrons. The van der Waals surface area contributed by atoms with Crippen LogP contribution in [0, 0.1) is 6.92 Å². The van der Waals surface area contributed by atoms with Crippen LogP contribution in [0.3, 0.4) is 0 Å². The average molecular weight is 340 g/mol. The third-order valence-corrected chi connectivity index (χ3v) is 4.55. The van der Waals surface area contributed by atoms with Gasteiger partial charge in [-0.15, -0.1) is 0 Å². The van der Waals surface area contributed by atoms with E-state index < -0.39 is 0 Å². The van der Waals surface area contributed by atoms with Gasteiger partial charge >= 0.3 is 0 Å². The van der Waals surface area contributed by atoms with Crippen molar-refractivity contribution < 1.29 is 0 Å². The molecule has 24 heavy (non-hydrogen) atoms. The maximum Gasteiger partial charge on any atom is 0.171 e. The summed E-state index contributed by atoms with van der Waals surface area (Å²) in [5.74, 6) is 0.783. The number of aryl methyl sites for hydroxylation is 1. The summed E-state index contributed by atoms with van der Waals surface area (Å²) in [6.45, 7) is 6.19. The molecule has 1 aliphatic heterocycles. The lowest BCUT2D eigenvalue weighted by Gasteiger charge is -2.28. The van der Waals surface area contributed by atoms with Gasteiger partial charge in [0.2, 0.25) is 0 Å². The van der Waals surface area contributed by atoms with E-state index in [1.165, 1.54) is 11.1 Å². The maximum atomic E-state index is 5.31. The second kappa shape index (κ2) is 8.22. The summed E-state index contributed by atoms with van der Waals surface area (Å²) >= 11 is 5.31. The molecule has 0 atom stereocenters. The Kier molecular flexibility index (Phi) is 5.77. The number of hydrogen-bond donors (Lipinski definition) is 2. The molecule has 4 nitrogen and oxygen atoms in total. The zero-order chi connectivity index (χ0) is 16.8. The lowest BCUT2D eigenvalue weighted by molar-refractivity contribution is 0.251. The van der Waals surface area contributed by atoms with Crippen LogP contribution in [0.15, 0.2) is 42.6 Å². The van der Waals surface area contributed by atoms with E-state index in [0.717, 1.165) is 50.4 Å². The Morgan fingerprint density at radius 3 is 2.83 bits per heavy atom. The molecule has 0 spiro atoms. The monoisotopic (exact) mass is 340 g/mol. The smallest absolute Gasteiger partial charge is 0.171 e. The lowest BCUT2D eigenvalue weighted by atomic mass is 10.00. The molecule has 0 saturated heterocycles. The third kappa shape index (κ3) is 4.76. The van der Waals surface area contributed by atoms with E-state index in [9.17, 15) is 0 Å². The van der Waals surface area contributed by atoms with Crippen LogP contribution in [0.5, 0.6) is 0 Å². The molecule has 0 amide bonds. The van der Waals surface area contributed by atoms with Crippen molar-refractivity contribution in [2.45, 2.75) is 26.3 Å². The fourth-order valence-corrected chi connectivity index (χ4v) is 3.16. The number of aromatic nitrogens is 1. The largest absolute Gasteiger partial charge is 0.362 e. The quantitative estimate of drug-likeness (QED) is 0.646. The van der Waals surface area contributed by atoms with E-state index >= 15 is 0 Å². The van der Waals surface area contributed by atoms with Gasteiger partial charge in [-0.3, -0.25) is 4.90 Å². The Labute approximate surface area is 149 Å². The highest BCUT2D eigenvalue weighted by molar-refractivity contribution is 7.80. The predicted molar refractivity (Wildman–Crippen MR) is 103 cm³/mol. The molecule has 0 fully saturated rings. The van der Waals surface area contributed by atoms with Crippen LogP contribution in [-0.2, 0) is 13.0 Å². The van der Waals surface area contributed by atoms with Gasteiger partial charge in [-0.2, -0.15) is 0 Å². The fourth-order valence-electron chi connectivity index (χ4n) is 2.95. The molecule has 2 aromatic rings. The number of thiocarbonyl (C=S) groups is 1. The second-order valence-corrected chi connectivity index (χ2v) is 6.66. The molecule has 2 N–H and O–H groups in total. The molecule has 1 aromatic carbocycles. The number of rotatable bonds is 5. The van der Waals surface area contributed by atoms with Crippen LogP contribution in [-0.4, -0.2) is 34.6 Å². The Balaban J connectivity index is 1.35. The summed E-state index contributed by atoms with van der Waals surface area (Å²) in [6, 6.07) is 12.7. The van der Waals surface area contributed by atoms with Gasteiger partial charge in [-0.05, 0) is 54.7 Å². The minimum absolute atomic E-state index is 0.635. The van der Waals surface area contributed by atoms with Gasteiger partial charge in [0.1, 0.15) is 5.82 Å². The molecular formula is C19H24N4S. The molecule has 3 rings (SSSR count). The highest BCUT2D eigenvalue weighted by atomic mass is 32.1. The zero-order valence-corrected chi connectivity index (χ0v) is 14.9. The molecule has 0 unspecified atom stereocenters. The first kappa shape index (κ1) is 16.9. The number of hydrogen-bond acceptors (Lipinski definition) is 3. The van der Waals surface area contributed by atoms with Crippen molar-refractivity contribution >= 4 is 23.1 Å². The summed E-state index contributed by atoms with van der Waals surface area (Å²) in [4.78, 5) is 6.81. The first-order valence-electron chi connectivity index (χ1n) is 8.47. The Hall–Kier alpha value is -1.98. The van der Waals surface area contributed by atoms with E-state index in [0.29, 0.717) is 5.11 Å². The molecule has 126 valence electrons. The Morgan fingerprint density at radius 2 is 2.04 bits per heavy atom. The van der Waals surface area contributed by atoms with Crippen LogP contribution in [0.1, 0.15) is 23.1 Å². The maximum absolute atomic E-state index is 5.31. The SMILES string of the molecule is Cc1ccc(NC(=S)NCCCN2CCc3ccccc3C2)nc1. The van der Waals surface area contributed by atoms with Crippen molar-refractivity contribution in [2.75, 3.05) is 25.0 Å². The predicted octanol–water partition coefficient (Wildman–Crippen LogP) is 3.12.